The molecule has 6 nitrogen and oxygen atoms in total. The maximum absolute atomic E-state index is 12.6. The van der Waals surface area contributed by atoms with Crippen LogP contribution in [0.3, 0.4) is 0 Å². The molecule has 2 rings (SSSR count). The number of nitrogens with zero attached hydrogens (tertiary/aromatic N) is 1. The smallest absolute Gasteiger partial charge is 0.238 e. The van der Waals surface area contributed by atoms with Crippen molar-refractivity contribution in [2.45, 2.75) is 64.0 Å². The van der Waals surface area contributed by atoms with Crippen molar-refractivity contribution in [1.29, 1.82) is 0 Å². The lowest BCUT2D eigenvalue weighted by Crippen LogP contribution is -2.52. The summed E-state index contributed by atoms with van der Waals surface area (Å²) in [5.74, 6) is 1.44. The summed E-state index contributed by atoms with van der Waals surface area (Å²) in [6, 6.07) is -0.505. The van der Waals surface area contributed by atoms with E-state index in [0.29, 0.717) is 6.42 Å². The normalized spacial score (nSPS) is 21.8. The van der Waals surface area contributed by atoms with Crippen LogP contribution in [0, 0.1) is 5.92 Å². The molecule has 0 aromatic heterocycles. The van der Waals surface area contributed by atoms with E-state index in [1.807, 2.05) is 6.26 Å². The number of piperidine rings is 1. The van der Waals surface area contributed by atoms with Crippen molar-refractivity contribution in [3.8, 4) is 0 Å². The van der Waals surface area contributed by atoms with Gasteiger partial charge in [-0.15, -0.1) is 0 Å². The molecule has 2 fully saturated rings. The van der Waals surface area contributed by atoms with E-state index in [1.54, 1.807) is 18.7 Å². The predicted molar refractivity (Wildman–Crippen MR) is 109 cm³/mol. The highest BCUT2D eigenvalue weighted by Gasteiger charge is 2.28. The van der Waals surface area contributed by atoms with Gasteiger partial charge in [-0.05, 0) is 57.0 Å². The Morgan fingerprint density at radius 3 is 2.42 bits per heavy atom. The Bertz CT molecular complexity index is 528. The minimum Gasteiger partial charge on any atom is -0.352 e. The third-order valence-electron chi connectivity index (χ3n) is 5.55. The Morgan fingerprint density at radius 1 is 1.19 bits per heavy atom. The second-order valence-corrected chi connectivity index (χ2v) is 10.6. The van der Waals surface area contributed by atoms with Crippen LogP contribution in [0.2, 0.25) is 0 Å². The Labute approximate surface area is 163 Å². The van der Waals surface area contributed by atoms with Crippen molar-refractivity contribution < 1.29 is 13.2 Å². The molecule has 0 aromatic rings. The fourth-order valence-corrected chi connectivity index (χ4v) is 5.20. The molecule has 0 aromatic carbocycles. The minimum atomic E-state index is -3.39. The van der Waals surface area contributed by atoms with Gasteiger partial charge in [0.2, 0.25) is 15.9 Å². The second-order valence-electron chi connectivity index (χ2n) is 7.59. The molecule has 0 spiro atoms. The average Bonchev–Trinajstić information content (AvgIpc) is 3.13. The lowest BCUT2D eigenvalue weighted by Gasteiger charge is -2.34. The summed E-state index contributed by atoms with van der Waals surface area (Å²) >= 11 is 1.62. The van der Waals surface area contributed by atoms with Gasteiger partial charge in [-0.3, -0.25) is 4.79 Å². The fraction of sp³-hybridized carbons (Fsp3) is 0.944. The molecule has 1 atom stereocenters. The largest absolute Gasteiger partial charge is 0.352 e. The Balaban J connectivity index is 1.78. The minimum absolute atomic E-state index is 0.00436. The number of hydrogen-bond acceptors (Lipinski definition) is 5. The molecule has 1 aliphatic heterocycles. The number of rotatable bonds is 10. The third kappa shape index (κ3) is 7.37. The lowest BCUT2D eigenvalue weighted by molar-refractivity contribution is -0.123. The number of carbonyl (C=O) groups excluding carboxylic acids is 1. The molecule has 1 saturated carbocycles. The number of likely N-dealkylation sites (tertiary alicyclic amines) is 1. The summed E-state index contributed by atoms with van der Waals surface area (Å²) in [4.78, 5) is 15.1. The van der Waals surface area contributed by atoms with Crippen LogP contribution in [0.1, 0.15) is 51.9 Å². The van der Waals surface area contributed by atoms with E-state index in [9.17, 15) is 13.2 Å². The van der Waals surface area contributed by atoms with Crippen molar-refractivity contribution >= 4 is 27.7 Å². The van der Waals surface area contributed by atoms with Gasteiger partial charge in [0, 0.05) is 25.7 Å². The molecule has 8 heteroatoms. The number of carbonyl (C=O) groups is 1. The van der Waals surface area contributed by atoms with Gasteiger partial charge in [0.05, 0.1) is 5.75 Å². The van der Waals surface area contributed by atoms with E-state index >= 15 is 0 Å². The summed E-state index contributed by atoms with van der Waals surface area (Å²) in [6.45, 7) is 4.84. The van der Waals surface area contributed by atoms with E-state index in [0.717, 1.165) is 37.6 Å². The number of hydrogen-bond donors (Lipinski definition) is 2. The first-order valence-electron chi connectivity index (χ1n) is 9.95. The summed E-state index contributed by atoms with van der Waals surface area (Å²) < 4.78 is 26.3. The van der Waals surface area contributed by atoms with Crippen LogP contribution < -0.4 is 10.0 Å². The fourth-order valence-electron chi connectivity index (χ4n) is 3.90. The predicted octanol–water partition coefficient (Wildman–Crippen LogP) is 1.82. The van der Waals surface area contributed by atoms with Crippen LogP contribution in [0.5, 0.6) is 0 Å². The van der Waals surface area contributed by atoms with E-state index in [2.05, 4.69) is 14.9 Å². The van der Waals surface area contributed by atoms with Gasteiger partial charge in [0.15, 0.2) is 0 Å². The van der Waals surface area contributed by atoms with Gasteiger partial charge in [-0.25, -0.2) is 13.1 Å². The molecule has 2 N–H and O–H groups in total. The van der Waals surface area contributed by atoms with Gasteiger partial charge in [-0.1, -0.05) is 12.8 Å². The van der Waals surface area contributed by atoms with Crippen molar-refractivity contribution in [3.05, 3.63) is 0 Å². The third-order valence-corrected chi connectivity index (χ3v) is 7.60. The highest BCUT2D eigenvalue weighted by molar-refractivity contribution is 7.98. The average molecular weight is 406 g/mol. The molecule has 1 unspecified atom stereocenters. The summed E-state index contributed by atoms with van der Waals surface area (Å²) in [5.41, 5.74) is 0. The summed E-state index contributed by atoms with van der Waals surface area (Å²) in [6.07, 6.45) is 9.87. The SMILES string of the molecule is CCS(=O)(=O)NC(CCSC)C(=O)NC1CCN(CC2CCCC2)CC1. The van der Waals surface area contributed by atoms with E-state index < -0.39 is 16.1 Å². The summed E-state index contributed by atoms with van der Waals surface area (Å²) in [5, 5.41) is 3.09. The van der Waals surface area contributed by atoms with Crippen LogP contribution in [0.25, 0.3) is 0 Å². The Kier molecular flexibility index (Phi) is 9.20. The van der Waals surface area contributed by atoms with Crippen molar-refractivity contribution in [1.82, 2.24) is 14.9 Å². The Morgan fingerprint density at radius 2 is 1.85 bits per heavy atom. The van der Waals surface area contributed by atoms with Gasteiger partial charge in [0.1, 0.15) is 6.04 Å². The van der Waals surface area contributed by atoms with E-state index in [4.69, 9.17) is 0 Å². The van der Waals surface area contributed by atoms with Crippen LogP contribution >= 0.6 is 11.8 Å². The zero-order valence-corrected chi connectivity index (χ0v) is 17.8. The van der Waals surface area contributed by atoms with Crippen LogP contribution in [-0.4, -0.2) is 68.7 Å². The summed E-state index contributed by atoms with van der Waals surface area (Å²) in [7, 11) is -3.39. The number of nitrogens with one attached hydrogen (secondary N) is 2. The maximum atomic E-state index is 12.6. The standard InChI is InChI=1S/C18H35N3O3S2/c1-3-26(23,24)20-17(10-13-25-2)18(22)19-16-8-11-21(12-9-16)14-15-6-4-5-7-15/h15-17,20H,3-14H2,1-2H3,(H,19,22). The van der Waals surface area contributed by atoms with Gasteiger partial charge in [0.25, 0.3) is 0 Å². The molecule has 2 aliphatic rings. The first-order valence-corrected chi connectivity index (χ1v) is 13.0. The number of thioether (sulfide) groups is 1. The Hall–Kier alpha value is -0.310. The van der Waals surface area contributed by atoms with Crippen molar-refractivity contribution in [2.75, 3.05) is 37.4 Å². The highest BCUT2D eigenvalue weighted by Crippen LogP contribution is 2.26. The quantitative estimate of drug-likeness (QED) is 0.580. The van der Waals surface area contributed by atoms with Crippen molar-refractivity contribution in [2.24, 2.45) is 5.92 Å². The monoisotopic (exact) mass is 405 g/mol. The van der Waals surface area contributed by atoms with Crippen LogP contribution in [0.4, 0.5) is 0 Å². The molecule has 0 radical (unpaired) electrons. The molecular weight excluding hydrogens is 370 g/mol. The highest BCUT2D eigenvalue weighted by atomic mass is 32.2. The number of sulfonamides is 1. The maximum Gasteiger partial charge on any atom is 0.238 e. The van der Waals surface area contributed by atoms with Gasteiger partial charge < -0.3 is 10.2 Å². The van der Waals surface area contributed by atoms with Gasteiger partial charge >= 0.3 is 0 Å². The first-order chi connectivity index (χ1) is 12.4. The lowest BCUT2D eigenvalue weighted by atomic mass is 10.0. The molecule has 1 saturated heterocycles. The van der Waals surface area contributed by atoms with E-state index in [-0.39, 0.29) is 17.7 Å². The first kappa shape index (κ1) is 22.0. The zero-order chi connectivity index (χ0) is 19.0. The molecule has 1 amide bonds. The zero-order valence-electron chi connectivity index (χ0n) is 16.2. The molecule has 1 aliphatic carbocycles. The number of amides is 1. The van der Waals surface area contributed by atoms with Crippen LogP contribution in [0.15, 0.2) is 0 Å². The molecule has 1 heterocycles. The molecular formula is C18H35N3O3S2. The van der Waals surface area contributed by atoms with Gasteiger partial charge in [-0.2, -0.15) is 11.8 Å². The van der Waals surface area contributed by atoms with E-state index in [1.165, 1.54) is 32.2 Å². The van der Waals surface area contributed by atoms with Crippen molar-refractivity contribution in [3.63, 3.8) is 0 Å². The molecule has 26 heavy (non-hydrogen) atoms. The molecule has 152 valence electrons. The molecule has 0 bridgehead atoms. The van der Waals surface area contributed by atoms with Crippen LogP contribution in [-0.2, 0) is 14.8 Å². The topological polar surface area (TPSA) is 78.5 Å². The second kappa shape index (κ2) is 10.9.